The van der Waals surface area contributed by atoms with Crippen LogP contribution >= 0.6 is 34.4 Å². The number of carbonyl (C=O) groups excluding carboxylic acids is 1. The van der Waals surface area contributed by atoms with Crippen molar-refractivity contribution in [3.8, 4) is 0 Å². The summed E-state index contributed by atoms with van der Waals surface area (Å²) in [6.07, 6.45) is 2.04. The van der Waals surface area contributed by atoms with Gasteiger partial charge in [0.05, 0.1) is 32.2 Å². The van der Waals surface area contributed by atoms with Gasteiger partial charge in [-0.2, -0.15) is 0 Å². The molecule has 2 aromatic heterocycles. The van der Waals surface area contributed by atoms with E-state index in [0.29, 0.717) is 5.75 Å². The average Bonchev–Trinajstić information content (AvgIpc) is 3.42. The van der Waals surface area contributed by atoms with Gasteiger partial charge in [-0.15, -0.1) is 22.7 Å². The van der Waals surface area contributed by atoms with E-state index in [-0.39, 0.29) is 11.9 Å². The molecule has 7 heteroatoms. The zero-order valence-electron chi connectivity index (χ0n) is 14.5. The second-order valence-corrected chi connectivity index (χ2v) is 9.82. The van der Waals surface area contributed by atoms with Crippen LogP contribution in [0.4, 0.5) is 0 Å². The molecule has 1 unspecified atom stereocenters. The number of para-hydroxylation sites is 2. The molecule has 1 saturated heterocycles. The van der Waals surface area contributed by atoms with Crippen LogP contribution in [0.1, 0.15) is 23.9 Å². The number of nitrogens with zero attached hydrogens (tertiary/aromatic N) is 3. The maximum absolute atomic E-state index is 12.9. The van der Waals surface area contributed by atoms with Crippen LogP contribution in [0.15, 0.2) is 52.9 Å². The van der Waals surface area contributed by atoms with Crippen LogP contribution in [-0.4, -0.2) is 33.1 Å². The molecule has 0 spiro atoms. The second kappa shape index (κ2) is 7.22. The molecule has 5 rings (SSSR count). The number of thioether (sulfide) groups is 1. The van der Waals surface area contributed by atoms with Gasteiger partial charge in [0.2, 0.25) is 5.91 Å². The largest absolute Gasteiger partial charge is 0.332 e. The Morgan fingerprint density at radius 1 is 1.04 bits per heavy atom. The van der Waals surface area contributed by atoms with Gasteiger partial charge in [0.15, 0.2) is 4.34 Å². The lowest BCUT2D eigenvalue weighted by Gasteiger charge is -2.22. The van der Waals surface area contributed by atoms with Crippen molar-refractivity contribution in [2.24, 2.45) is 0 Å². The standard InChI is InChI=1S/C20H17N3OS3/c24-18(12-25-20-22-14-7-2-4-10-17(14)27-20)23-11-5-8-15(23)19-21-13-6-1-3-9-16(13)26-19/h1-4,6-7,9-10,15H,5,8,11-12H2. The summed E-state index contributed by atoms with van der Waals surface area (Å²) < 4.78 is 3.32. The molecule has 1 aliphatic rings. The Balaban J connectivity index is 1.31. The summed E-state index contributed by atoms with van der Waals surface area (Å²) in [5.74, 6) is 0.613. The van der Waals surface area contributed by atoms with Crippen molar-refractivity contribution in [2.75, 3.05) is 12.3 Å². The summed E-state index contributed by atoms with van der Waals surface area (Å²) in [6, 6.07) is 16.4. The summed E-state index contributed by atoms with van der Waals surface area (Å²) in [6.45, 7) is 0.819. The number of carbonyl (C=O) groups is 1. The minimum atomic E-state index is 0.117. The van der Waals surface area contributed by atoms with Crippen molar-refractivity contribution in [3.63, 3.8) is 0 Å². The molecule has 1 amide bonds. The van der Waals surface area contributed by atoms with Gasteiger partial charge in [-0.3, -0.25) is 4.79 Å². The number of likely N-dealkylation sites (tertiary alicyclic amines) is 1. The van der Waals surface area contributed by atoms with E-state index in [0.717, 1.165) is 39.8 Å². The maximum Gasteiger partial charge on any atom is 0.233 e. The highest BCUT2D eigenvalue weighted by Gasteiger charge is 2.32. The van der Waals surface area contributed by atoms with E-state index in [1.807, 2.05) is 41.3 Å². The van der Waals surface area contributed by atoms with Gasteiger partial charge >= 0.3 is 0 Å². The third kappa shape index (κ3) is 3.35. The third-order valence-corrected chi connectivity index (χ3v) is 8.06. The molecular weight excluding hydrogens is 394 g/mol. The normalized spacial score (nSPS) is 17.2. The smallest absolute Gasteiger partial charge is 0.233 e. The first-order valence-electron chi connectivity index (χ1n) is 8.91. The lowest BCUT2D eigenvalue weighted by Crippen LogP contribution is -2.31. The summed E-state index contributed by atoms with van der Waals surface area (Å²) >= 11 is 4.91. The summed E-state index contributed by atoms with van der Waals surface area (Å²) in [4.78, 5) is 24.3. The van der Waals surface area contributed by atoms with Gasteiger partial charge < -0.3 is 4.90 Å². The Bertz CT molecular complexity index is 1050. The SMILES string of the molecule is O=C(CSc1nc2ccccc2s1)N1CCCC1c1nc2ccccc2s1. The zero-order chi connectivity index (χ0) is 18.2. The van der Waals surface area contributed by atoms with Crippen LogP contribution in [0.2, 0.25) is 0 Å². The van der Waals surface area contributed by atoms with Crippen molar-refractivity contribution >= 4 is 60.8 Å². The molecular formula is C20H17N3OS3. The van der Waals surface area contributed by atoms with Crippen molar-refractivity contribution in [3.05, 3.63) is 53.5 Å². The van der Waals surface area contributed by atoms with Gasteiger partial charge in [-0.1, -0.05) is 36.0 Å². The number of thiazole rings is 2. The van der Waals surface area contributed by atoms with Crippen molar-refractivity contribution in [1.82, 2.24) is 14.9 Å². The van der Waals surface area contributed by atoms with Crippen LogP contribution in [0.25, 0.3) is 20.4 Å². The Labute approximate surface area is 169 Å². The number of aromatic nitrogens is 2. The summed E-state index contributed by atoms with van der Waals surface area (Å²) in [5, 5.41) is 1.06. The van der Waals surface area contributed by atoms with Crippen LogP contribution in [0.5, 0.6) is 0 Å². The van der Waals surface area contributed by atoms with Gasteiger partial charge in [-0.25, -0.2) is 9.97 Å². The maximum atomic E-state index is 12.9. The first-order chi connectivity index (χ1) is 13.3. The van der Waals surface area contributed by atoms with Crippen LogP contribution in [0.3, 0.4) is 0 Å². The quantitative estimate of drug-likeness (QED) is 0.424. The van der Waals surface area contributed by atoms with E-state index in [2.05, 4.69) is 17.1 Å². The van der Waals surface area contributed by atoms with E-state index >= 15 is 0 Å². The van der Waals surface area contributed by atoms with E-state index in [9.17, 15) is 4.79 Å². The van der Waals surface area contributed by atoms with E-state index < -0.39 is 0 Å². The fourth-order valence-corrected chi connectivity index (χ4v) is 6.54. The monoisotopic (exact) mass is 411 g/mol. The molecule has 27 heavy (non-hydrogen) atoms. The van der Waals surface area contributed by atoms with Crippen LogP contribution in [0, 0.1) is 0 Å². The summed E-state index contributed by atoms with van der Waals surface area (Å²) in [7, 11) is 0. The average molecular weight is 412 g/mol. The van der Waals surface area contributed by atoms with Gasteiger partial charge in [0.1, 0.15) is 5.01 Å². The highest BCUT2D eigenvalue weighted by atomic mass is 32.2. The van der Waals surface area contributed by atoms with E-state index in [1.54, 1.807) is 34.4 Å². The number of hydrogen-bond acceptors (Lipinski definition) is 6. The first-order valence-corrected chi connectivity index (χ1v) is 11.5. The van der Waals surface area contributed by atoms with Crippen molar-refractivity contribution in [1.29, 1.82) is 0 Å². The first kappa shape index (κ1) is 17.2. The minimum absolute atomic E-state index is 0.117. The number of rotatable bonds is 4. The van der Waals surface area contributed by atoms with E-state index in [1.165, 1.54) is 9.40 Å². The molecule has 0 aliphatic carbocycles. The molecule has 1 atom stereocenters. The molecule has 0 N–H and O–H groups in total. The molecule has 4 nitrogen and oxygen atoms in total. The Morgan fingerprint density at radius 2 is 1.74 bits per heavy atom. The third-order valence-electron chi connectivity index (χ3n) is 4.76. The zero-order valence-corrected chi connectivity index (χ0v) is 16.9. The lowest BCUT2D eigenvalue weighted by molar-refractivity contribution is -0.129. The molecule has 1 fully saturated rings. The van der Waals surface area contributed by atoms with E-state index in [4.69, 9.17) is 4.98 Å². The molecule has 1 aliphatic heterocycles. The topological polar surface area (TPSA) is 46.1 Å². The fourth-order valence-electron chi connectivity index (χ4n) is 3.47. The molecule has 4 aromatic rings. The molecule has 3 heterocycles. The minimum Gasteiger partial charge on any atom is -0.332 e. The number of benzene rings is 2. The Morgan fingerprint density at radius 3 is 2.48 bits per heavy atom. The van der Waals surface area contributed by atoms with Crippen LogP contribution < -0.4 is 0 Å². The lowest BCUT2D eigenvalue weighted by atomic mass is 10.2. The van der Waals surface area contributed by atoms with Crippen molar-refractivity contribution in [2.45, 2.75) is 23.2 Å². The second-order valence-electron chi connectivity index (χ2n) is 6.50. The van der Waals surface area contributed by atoms with Gasteiger partial charge in [-0.05, 0) is 37.1 Å². The van der Waals surface area contributed by atoms with Crippen molar-refractivity contribution < 1.29 is 4.79 Å². The molecule has 0 bridgehead atoms. The summed E-state index contributed by atoms with van der Waals surface area (Å²) in [5.41, 5.74) is 2.03. The van der Waals surface area contributed by atoms with Gasteiger partial charge in [0.25, 0.3) is 0 Å². The molecule has 0 saturated carbocycles. The van der Waals surface area contributed by atoms with Gasteiger partial charge in [0, 0.05) is 6.54 Å². The highest BCUT2D eigenvalue weighted by molar-refractivity contribution is 8.01. The molecule has 136 valence electrons. The highest BCUT2D eigenvalue weighted by Crippen LogP contribution is 2.37. The number of fused-ring (bicyclic) bond motifs is 2. The predicted octanol–water partition coefficient (Wildman–Crippen LogP) is 5.36. The fraction of sp³-hybridized carbons (Fsp3) is 0.250. The Hall–Kier alpha value is -1.96. The number of amides is 1. The predicted molar refractivity (Wildman–Crippen MR) is 114 cm³/mol. The molecule has 2 aromatic carbocycles. The Kier molecular flexibility index (Phi) is 4.59. The number of hydrogen-bond donors (Lipinski definition) is 0. The van der Waals surface area contributed by atoms with Crippen LogP contribution in [-0.2, 0) is 4.79 Å². The molecule has 0 radical (unpaired) electrons.